The Labute approximate surface area is 116 Å². The van der Waals surface area contributed by atoms with E-state index in [1.807, 2.05) is 13.8 Å². The minimum Gasteiger partial charge on any atom is -0.480 e. The molecule has 1 unspecified atom stereocenters. The van der Waals surface area contributed by atoms with Gasteiger partial charge in [0.15, 0.2) is 0 Å². The van der Waals surface area contributed by atoms with Gasteiger partial charge in [-0.3, -0.25) is 4.79 Å². The van der Waals surface area contributed by atoms with Crippen LogP contribution in [0.3, 0.4) is 0 Å². The predicted molar refractivity (Wildman–Crippen MR) is 72.5 cm³/mol. The van der Waals surface area contributed by atoms with Gasteiger partial charge in [-0.15, -0.1) is 11.3 Å². The van der Waals surface area contributed by atoms with Crippen LogP contribution >= 0.6 is 11.3 Å². The lowest BCUT2D eigenvalue weighted by Gasteiger charge is -2.32. The van der Waals surface area contributed by atoms with Crippen molar-refractivity contribution in [2.24, 2.45) is 0 Å². The summed E-state index contributed by atoms with van der Waals surface area (Å²) in [5, 5.41) is 10.1. The molecule has 1 saturated heterocycles. The maximum atomic E-state index is 12.4. The van der Waals surface area contributed by atoms with Gasteiger partial charge >= 0.3 is 5.97 Å². The van der Waals surface area contributed by atoms with Crippen molar-refractivity contribution in [1.82, 2.24) is 9.88 Å². The van der Waals surface area contributed by atoms with E-state index in [9.17, 15) is 14.7 Å². The molecule has 1 aromatic rings. The van der Waals surface area contributed by atoms with Crippen molar-refractivity contribution in [3.8, 4) is 0 Å². The molecule has 1 aliphatic rings. The molecule has 0 bridgehead atoms. The maximum Gasteiger partial charge on any atom is 0.326 e. The number of carbonyl (C=O) groups excluding carboxylic acids is 1. The number of likely N-dealkylation sites (tertiary alicyclic amines) is 1. The van der Waals surface area contributed by atoms with Crippen LogP contribution < -0.4 is 0 Å². The summed E-state index contributed by atoms with van der Waals surface area (Å²) in [6.45, 7) is 4.56. The molecule has 1 atom stereocenters. The zero-order chi connectivity index (χ0) is 14.0. The third kappa shape index (κ3) is 2.94. The molecule has 1 aliphatic heterocycles. The van der Waals surface area contributed by atoms with Gasteiger partial charge in [0.05, 0.1) is 11.2 Å². The number of aliphatic carboxylic acids is 1. The quantitative estimate of drug-likeness (QED) is 0.923. The molecule has 0 aliphatic carbocycles. The second kappa shape index (κ2) is 5.69. The van der Waals surface area contributed by atoms with Crippen LogP contribution in [0.25, 0.3) is 0 Å². The standard InChI is InChI=1S/C13H18N2O3S/c1-8(2)11-14-7-10(19-11)12(16)15-6-4-3-5-9(15)13(17)18/h7-9H,3-6H2,1-2H3,(H,17,18). The van der Waals surface area contributed by atoms with Crippen molar-refractivity contribution in [3.05, 3.63) is 16.1 Å². The first-order chi connectivity index (χ1) is 9.00. The Morgan fingerprint density at radius 1 is 1.47 bits per heavy atom. The van der Waals surface area contributed by atoms with Crippen molar-refractivity contribution < 1.29 is 14.7 Å². The van der Waals surface area contributed by atoms with Crippen LogP contribution in [-0.2, 0) is 4.79 Å². The number of hydrogen-bond donors (Lipinski definition) is 1. The molecule has 0 spiro atoms. The largest absolute Gasteiger partial charge is 0.480 e. The van der Waals surface area contributed by atoms with Crippen LogP contribution in [0.15, 0.2) is 6.20 Å². The van der Waals surface area contributed by atoms with Crippen LogP contribution in [0.1, 0.15) is 53.7 Å². The summed E-state index contributed by atoms with van der Waals surface area (Å²) in [5.74, 6) is -0.832. The highest BCUT2D eigenvalue weighted by molar-refractivity contribution is 7.13. The number of rotatable bonds is 3. The number of carboxylic acids is 1. The van der Waals surface area contributed by atoms with Gasteiger partial charge in [-0.2, -0.15) is 0 Å². The molecule has 0 radical (unpaired) electrons. The number of aromatic nitrogens is 1. The van der Waals surface area contributed by atoms with E-state index >= 15 is 0 Å². The summed E-state index contributed by atoms with van der Waals surface area (Å²) < 4.78 is 0. The van der Waals surface area contributed by atoms with E-state index < -0.39 is 12.0 Å². The Kier molecular flexibility index (Phi) is 4.19. The second-order valence-corrected chi connectivity index (χ2v) is 6.13. The number of nitrogens with zero attached hydrogens (tertiary/aromatic N) is 2. The average Bonchev–Trinajstić information content (AvgIpc) is 2.87. The molecule has 19 heavy (non-hydrogen) atoms. The zero-order valence-corrected chi connectivity index (χ0v) is 11.9. The number of amides is 1. The fourth-order valence-corrected chi connectivity index (χ4v) is 3.10. The summed E-state index contributed by atoms with van der Waals surface area (Å²) in [4.78, 5) is 29.8. The normalized spacial score (nSPS) is 19.7. The van der Waals surface area contributed by atoms with Crippen LogP contribution in [-0.4, -0.2) is 39.5 Å². The van der Waals surface area contributed by atoms with Gasteiger partial charge in [-0.25, -0.2) is 9.78 Å². The van der Waals surface area contributed by atoms with Gasteiger partial charge in [0.1, 0.15) is 10.9 Å². The lowest BCUT2D eigenvalue weighted by Crippen LogP contribution is -2.47. The Balaban J connectivity index is 2.18. The molecular weight excluding hydrogens is 264 g/mol. The highest BCUT2D eigenvalue weighted by Gasteiger charge is 2.33. The Hall–Kier alpha value is -1.43. The first-order valence-electron chi connectivity index (χ1n) is 6.50. The van der Waals surface area contributed by atoms with Gasteiger partial charge in [-0.05, 0) is 19.3 Å². The van der Waals surface area contributed by atoms with E-state index in [-0.39, 0.29) is 11.8 Å². The molecule has 5 nitrogen and oxygen atoms in total. The van der Waals surface area contributed by atoms with Crippen molar-refractivity contribution in [3.63, 3.8) is 0 Å². The number of piperidine rings is 1. The average molecular weight is 282 g/mol. The molecule has 2 heterocycles. The minimum atomic E-state index is -0.915. The SMILES string of the molecule is CC(C)c1ncc(C(=O)N2CCCCC2C(=O)O)s1. The molecule has 104 valence electrons. The molecule has 1 N–H and O–H groups in total. The zero-order valence-electron chi connectivity index (χ0n) is 11.1. The highest BCUT2D eigenvalue weighted by Crippen LogP contribution is 2.25. The first kappa shape index (κ1) is 14.0. The number of hydrogen-bond acceptors (Lipinski definition) is 4. The van der Waals surface area contributed by atoms with E-state index in [0.29, 0.717) is 17.8 Å². The van der Waals surface area contributed by atoms with Crippen LogP contribution in [0.5, 0.6) is 0 Å². The summed E-state index contributed by atoms with van der Waals surface area (Å²) in [5.41, 5.74) is 0. The summed E-state index contributed by atoms with van der Waals surface area (Å²) in [6, 6.07) is -0.689. The molecule has 2 rings (SSSR count). The number of carboxylic acid groups (broad SMARTS) is 1. The Bertz CT molecular complexity index is 484. The maximum absolute atomic E-state index is 12.4. The van der Waals surface area contributed by atoms with Crippen LogP contribution in [0.2, 0.25) is 0 Å². The monoisotopic (exact) mass is 282 g/mol. The first-order valence-corrected chi connectivity index (χ1v) is 7.32. The Morgan fingerprint density at radius 2 is 2.21 bits per heavy atom. The third-order valence-electron chi connectivity index (χ3n) is 3.28. The van der Waals surface area contributed by atoms with Crippen molar-refractivity contribution in [2.75, 3.05) is 6.54 Å². The predicted octanol–water partition coefficient (Wildman–Crippen LogP) is 2.35. The van der Waals surface area contributed by atoms with E-state index in [2.05, 4.69) is 4.98 Å². The van der Waals surface area contributed by atoms with Gasteiger partial charge < -0.3 is 10.0 Å². The molecule has 1 amide bonds. The topological polar surface area (TPSA) is 70.5 Å². The highest BCUT2D eigenvalue weighted by atomic mass is 32.1. The fraction of sp³-hybridized carbons (Fsp3) is 0.615. The third-order valence-corrected chi connectivity index (χ3v) is 4.56. The Morgan fingerprint density at radius 3 is 2.79 bits per heavy atom. The van der Waals surface area contributed by atoms with Crippen molar-refractivity contribution in [1.29, 1.82) is 0 Å². The van der Waals surface area contributed by atoms with Gasteiger partial charge in [0.25, 0.3) is 5.91 Å². The van der Waals surface area contributed by atoms with Crippen molar-refractivity contribution in [2.45, 2.75) is 45.1 Å². The smallest absolute Gasteiger partial charge is 0.326 e. The molecule has 1 aromatic heterocycles. The van der Waals surface area contributed by atoms with E-state index in [1.54, 1.807) is 6.20 Å². The lowest BCUT2D eigenvalue weighted by molar-refractivity contribution is -0.143. The summed E-state index contributed by atoms with van der Waals surface area (Å²) in [6.07, 6.45) is 3.83. The van der Waals surface area contributed by atoms with E-state index in [1.165, 1.54) is 16.2 Å². The van der Waals surface area contributed by atoms with Gasteiger partial charge in [0.2, 0.25) is 0 Å². The molecule has 0 aromatic carbocycles. The van der Waals surface area contributed by atoms with Crippen LogP contribution in [0.4, 0.5) is 0 Å². The van der Waals surface area contributed by atoms with E-state index in [0.717, 1.165) is 17.8 Å². The molecule has 1 fully saturated rings. The van der Waals surface area contributed by atoms with E-state index in [4.69, 9.17) is 0 Å². The summed E-state index contributed by atoms with van der Waals surface area (Å²) >= 11 is 1.36. The molecule has 6 heteroatoms. The van der Waals surface area contributed by atoms with Gasteiger partial charge in [0, 0.05) is 12.5 Å². The fourth-order valence-electron chi connectivity index (χ4n) is 2.23. The van der Waals surface area contributed by atoms with Gasteiger partial charge in [-0.1, -0.05) is 13.8 Å². The number of thiazole rings is 1. The molecular formula is C13H18N2O3S. The van der Waals surface area contributed by atoms with Crippen molar-refractivity contribution >= 4 is 23.2 Å². The second-order valence-electron chi connectivity index (χ2n) is 5.07. The number of carbonyl (C=O) groups is 2. The summed E-state index contributed by atoms with van der Waals surface area (Å²) in [7, 11) is 0. The van der Waals surface area contributed by atoms with Crippen LogP contribution in [0, 0.1) is 0 Å². The molecule has 0 saturated carbocycles. The minimum absolute atomic E-state index is 0.198. The lowest BCUT2D eigenvalue weighted by atomic mass is 10.0.